The summed E-state index contributed by atoms with van der Waals surface area (Å²) in [6, 6.07) is 9.93. The largest absolute Gasteiger partial charge is 0.306 e. The van der Waals surface area contributed by atoms with Crippen LogP contribution in [0.15, 0.2) is 24.3 Å². The first-order chi connectivity index (χ1) is 9.47. The quantitative estimate of drug-likeness (QED) is 0.879. The minimum atomic E-state index is 0.407. The Bertz CT molecular complexity index is 414. The summed E-state index contributed by atoms with van der Waals surface area (Å²) in [4.78, 5) is 2.55. The van der Waals surface area contributed by atoms with Crippen molar-refractivity contribution in [3.8, 4) is 0 Å². The van der Waals surface area contributed by atoms with Crippen LogP contribution in [-0.2, 0) is 0 Å². The van der Waals surface area contributed by atoms with Gasteiger partial charge in [-0.1, -0.05) is 37.6 Å². The summed E-state index contributed by atoms with van der Waals surface area (Å²) >= 11 is 5.99. The lowest BCUT2D eigenvalue weighted by Crippen LogP contribution is -2.38. The highest BCUT2D eigenvalue weighted by Gasteiger charge is 2.27. The molecule has 112 valence electrons. The van der Waals surface area contributed by atoms with E-state index in [1.165, 1.54) is 18.5 Å². The summed E-state index contributed by atoms with van der Waals surface area (Å²) in [5, 5.41) is 4.66. The van der Waals surface area contributed by atoms with Crippen LogP contribution < -0.4 is 5.32 Å². The molecule has 1 aliphatic heterocycles. The predicted octanol–water partition coefficient (Wildman–Crippen LogP) is 4.11. The molecule has 0 aliphatic carbocycles. The van der Waals surface area contributed by atoms with E-state index in [1.807, 2.05) is 12.1 Å². The Kier molecular flexibility index (Phi) is 5.48. The van der Waals surface area contributed by atoms with Crippen LogP contribution in [0.25, 0.3) is 0 Å². The third kappa shape index (κ3) is 3.97. The standard InChI is InChI=1S/C17H27ClN2/c1-12(2)17(14-5-7-15(18)8-6-14)19-16-9-10-20(11-16)13(3)4/h5-8,12-13,16-17,19H,9-11H2,1-4H3. The van der Waals surface area contributed by atoms with Gasteiger partial charge < -0.3 is 5.32 Å². The fourth-order valence-electron chi connectivity index (χ4n) is 2.99. The summed E-state index contributed by atoms with van der Waals surface area (Å²) in [6.07, 6.45) is 1.25. The predicted molar refractivity (Wildman–Crippen MR) is 87.3 cm³/mol. The lowest BCUT2D eigenvalue weighted by molar-refractivity contribution is 0.261. The maximum Gasteiger partial charge on any atom is 0.0406 e. The molecule has 2 unspecified atom stereocenters. The first kappa shape index (κ1) is 15.8. The molecule has 0 amide bonds. The number of hydrogen-bond donors (Lipinski definition) is 1. The zero-order chi connectivity index (χ0) is 14.7. The van der Waals surface area contributed by atoms with E-state index in [0.717, 1.165) is 11.6 Å². The fourth-order valence-corrected chi connectivity index (χ4v) is 3.12. The van der Waals surface area contributed by atoms with Crippen molar-refractivity contribution in [3.63, 3.8) is 0 Å². The summed E-state index contributed by atoms with van der Waals surface area (Å²) in [5.41, 5.74) is 1.34. The van der Waals surface area contributed by atoms with Crippen LogP contribution in [0.1, 0.15) is 45.7 Å². The van der Waals surface area contributed by atoms with Gasteiger partial charge in [-0.15, -0.1) is 0 Å². The first-order valence-corrected chi connectivity index (χ1v) is 8.10. The van der Waals surface area contributed by atoms with Gasteiger partial charge in [-0.3, -0.25) is 4.90 Å². The Morgan fingerprint density at radius 2 is 1.80 bits per heavy atom. The third-order valence-electron chi connectivity index (χ3n) is 4.26. The van der Waals surface area contributed by atoms with Crippen LogP contribution >= 0.6 is 11.6 Å². The summed E-state index contributed by atoms with van der Waals surface area (Å²) in [7, 11) is 0. The van der Waals surface area contributed by atoms with E-state index in [0.29, 0.717) is 24.0 Å². The van der Waals surface area contributed by atoms with Crippen molar-refractivity contribution >= 4 is 11.6 Å². The third-order valence-corrected chi connectivity index (χ3v) is 4.51. The molecular weight excluding hydrogens is 268 g/mol. The molecule has 20 heavy (non-hydrogen) atoms. The second kappa shape index (κ2) is 6.93. The molecule has 2 rings (SSSR count). The van der Waals surface area contributed by atoms with Crippen LogP contribution in [-0.4, -0.2) is 30.1 Å². The van der Waals surface area contributed by atoms with Crippen molar-refractivity contribution in [1.29, 1.82) is 0 Å². The molecule has 1 aromatic rings. The molecule has 2 nitrogen and oxygen atoms in total. The van der Waals surface area contributed by atoms with E-state index in [2.05, 4.69) is 50.0 Å². The Morgan fingerprint density at radius 1 is 1.15 bits per heavy atom. The molecule has 0 radical (unpaired) electrons. The Hall–Kier alpha value is -0.570. The topological polar surface area (TPSA) is 15.3 Å². The van der Waals surface area contributed by atoms with Crippen LogP contribution in [0.5, 0.6) is 0 Å². The molecule has 0 spiro atoms. The number of hydrogen-bond acceptors (Lipinski definition) is 2. The van der Waals surface area contributed by atoms with Crippen molar-refractivity contribution in [3.05, 3.63) is 34.9 Å². The van der Waals surface area contributed by atoms with E-state index in [1.54, 1.807) is 0 Å². The molecule has 0 aromatic heterocycles. The van der Waals surface area contributed by atoms with Crippen molar-refractivity contribution in [1.82, 2.24) is 10.2 Å². The normalized spacial score (nSPS) is 21.9. The molecule has 3 heteroatoms. The Morgan fingerprint density at radius 3 is 2.30 bits per heavy atom. The van der Waals surface area contributed by atoms with E-state index in [-0.39, 0.29) is 0 Å². The second-order valence-corrected chi connectivity index (χ2v) is 6.95. The minimum Gasteiger partial charge on any atom is -0.306 e. The number of benzene rings is 1. The van der Waals surface area contributed by atoms with Crippen LogP contribution in [0.2, 0.25) is 5.02 Å². The second-order valence-electron chi connectivity index (χ2n) is 6.51. The first-order valence-electron chi connectivity index (χ1n) is 7.73. The highest BCUT2D eigenvalue weighted by Crippen LogP contribution is 2.25. The van der Waals surface area contributed by atoms with Crippen molar-refractivity contribution in [2.24, 2.45) is 5.92 Å². The van der Waals surface area contributed by atoms with Gasteiger partial charge in [0.1, 0.15) is 0 Å². The average Bonchev–Trinajstić information content (AvgIpc) is 2.86. The zero-order valence-corrected chi connectivity index (χ0v) is 13.8. The monoisotopic (exact) mass is 294 g/mol. The molecule has 1 saturated heterocycles. The lowest BCUT2D eigenvalue weighted by atomic mass is 9.95. The molecule has 2 atom stereocenters. The molecule has 0 bridgehead atoms. The van der Waals surface area contributed by atoms with Crippen molar-refractivity contribution in [2.45, 2.75) is 52.2 Å². The highest BCUT2D eigenvalue weighted by atomic mass is 35.5. The van der Waals surface area contributed by atoms with Gasteiger partial charge in [0.2, 0.25) is 0 Å². The summed E-state index contributed by atoms with van der Waals surface area (Å²) in [6.45, 7) is 11.5. The maximum atomic E-state index is 5.99. The van der Waals surface area contributed by atoms with Gasteiger partial charge in [0, 0.05) is 29.7 Å². The van der Waals surface area contributed by atoms with Crippen molar-refractivity contribution in [2.75, 3.05) is 13.1 Å². The molecule has 0 saturated carbocycles. The smallest absolute Gasteiger partial charge is 0.0406 e. The summed E-state index contributed by atoms with van der Waals surface area (Å²) < 4.78 is 0. The Balaban J connectivity index is 2.02. The maximum absolute atomic E-state index is 5.99. The minimum absolute atomic E-state index is 0.407. The average molecular weight is 295 g/mol. The van der Waals surface area contributed by atoms with Gasteiger partial charge >= 0.3 is 0 Å². The number of likely N-dealkylation sites (tertiary alicyclic amines) is 1. The number of halogens is 1. The molecule has 1 N–H and O–H groups in total. The SMILES string of the molecule is CC(C)C(NC1CCN(C(C)C)C1)c1ccc(Cl)cc1. The van der Waals surface area contributed by atoms with E-state index in [4.69, 9.17) is 11.6 Å². The van der Waals surface area contributed by atoms with Crippen LogP contribution in [0.4, 0.5) is 0 Å². The van der Waals surface area contributed by atoms with Gasteiger partial charge in [0.15, 0.2) is 0 Å². The zero-order valence-electron chi connectivity index (χ0n) is 13.1. The van der Waals surface area contributed by atoms with Crippen LogP contribution in [0.3, 0.4) is 0 Å². The highest BCUT2D eigenvalue weighted by molar-refractivity contribution is 6.30. The molecule has 1 aliphatic rings. The van der Waals surface area contributed by atoms with E-state index >= 15 is 0 Å². The lowest BCUT2D eigenvalue weighted by Gasteiger charge is -2.27. The number of nitrogens with zero attached hydrogens (tertiary/aromatic N) is 1. The fraction of sp³-hybridized carbons (Fsp3) is 0.647. The van der Waals surface area contributed by atoms with Gasteiger partial charge in [-0.05, 0) is 50.4 Å². The molecule has 1 heterocycles. The molecule has 1 fully saturated rings. The van der Waals surface area contributed by atoms with E-state index < -0.39 is 0 Å². The van der Waals surface area contributed by atoms with Crippen LogP contribution in [0, 0.1) is 5.92 Å². The Labute approximate surface area is 128 Å². The van der Waals surface area contributed by atoms with Gasteiger partial charge in [0.05, 0.1) is 0 Å². The van der Waals surface area contributed by atoms with Gasteiger partial charge in [-0.2, -0.15) is 0 Å². The van der Waals surface area contributed by atoms with Gasteiger partial charge in [-0.25, -0.2) is 0 Å². The molecule has 1 aromatic carbocycles. The van der Waals surface area contributed by atoms with Crippen molar-refractivity contribution < 1.29 is 0 Å². The molecular formula is C17H27ClN2. The number of nitrogens with one attached hydrogen (secondary N) is 1. The summed E-state index contributed by atoms with van der Waals surface area (Å²) in [5.74, 6) is 0.573. The van der Waals surface area contributed by atoms with E-state index in [9.17, 15) is 0 Å². The van der Waals surface area contributed by atoms with Gasteiger partial charge in [0.25, 0.3) is 0 Å². The number of rotatable bonds is 5.